The van der Waals surface area contributed by atoms with Crippen LogP contribution in [0.3, 0.4) is 0 Å². The third-order valence-electron chi connectivity index (χ3n) is 2.14. The van der Waals surface area contributed by atoms with E-state index in [0.29, 0.717) is 0 Å². The molecule has 0 spiro atoms. The molecule has 1 aliphatic rings. The second kappa shape index (κ2) is 6.77. The Kier molecular flexibility index (Phi) is 8.16. The maximum atomic E-state index is 6.21. The maximum Gasteiger partial charge on any atom is -0.147 e. The fourth-order valence-electron chi connectivity index (χ4n) is 1.89. The van der Waals surface area contributed by atoms with Crippen molar-refractivity contribution in [3.05, 3.63) is 21.2 Å². The number of hydrogen-bond acceptors (Lipinski definition) is 1. The van der Waals surface area contributed by atoms with Crippen molar-refractivity contribution >= 4 is 33.1 Å². The van der Waals surface area contributed by atoms with E-state index in [1.165, 1.54) is 9.07 Å². The van der Waals surface area contributed by atoms with Gasteiger partial charge in [-0.25, -0.2) is 0 Å². The second-order valence-corrected chi connectivity index (χ2v) is 9.93. The molecule has 5 heteroatoms. The molecule has 0 fully saturated rings. The fourth-order valence-corrected chi connectivity index (χ4v) is 6.60. The summed E-state index contributed by atoms with van der Waals surface area (Å²) in [7, 11) is -1.68. The molecule has 0 atom stereocenters. The molecule has 0 radical (unpaired) electrons. The smallest absolute Gasteiger partial charge is 0.147 e. The van der Waals surface area contributed by atoms with Crippen LogP contribution in [-0.2, 0) is 24.9 Å². The molecule has 1 rings (SSSR count). The number of halogens is 2. The second-order valence-electron chi connectivity index (χ2n) is 5.22. The Morgan fingerprint density at radius 2 is 1.75 bits per heavy atom. The van der Waals surface area contributed by atoms with Crippen molar-refractivity contribution < 1.29 is 24.9 Å². The van der Waals surface area contributed by atoms with Crippen LogP contribution in [0.25, 0.3) is 0 Å². The minimum Gasteiger partial charge on any atom is -0.147 e. The van der Waals surface area contributed by atoms with E-state index in [1.54, 1.807) is 0 Å². The van der Waals surface area contributed by atoms with Crippen molar-refractivity contribution in [2.45, 2.75) is 45.9 Å². The zero-order valence-corrected chi connectivity index (χ0v) is 14.8. The van der Waals surface area contributed by atoms with Gasteiger partial charge in [0, 0.05) is 0 Å². The first-order chi connectivity index (χ1) is 6.22. The van der Waals surface area contributed by atoms with Crippen molar-refractivity contribution in [2.75, 3.05) is 0 Å². The SMILES string of the molecule is CC(C)(C)O[Si](C)(C)C1=[C]([Ti])CC=C1.Cl.Cl. The van der Waals surface area contributed by atoms with Crippen LogP contribution in [0.15, 0.2) is 21.2 Å². The molecular weight excluding hydrogens is 295 g/mol. The molecule has 0 aliphatic heterocycles. The average molecular weight is 316 g/mol. The standard InChI is InChI=1S/C11H19OSi.2ClH.Ti/c1-11(2,3)12-13(4,5)10-8-6-7-9-10;;;/h6,8H,7H2,1-5H3;2*1H;. The van der Waals surface area contributed by atoms with Gasteiger partial charge in [-0.05, 0) is 0 Å². The maximum absolute atomic E-state index is 6.21. The van der Waals surface area contributed by atoms with E-state index in [1.807, 2.05) is 0 Å². The normalized spacial score (nSPS) is 15.8. The molecule has 0 N–H and O–H groups in total. The first-order valence-corrected chi connectivity index (χ1v) is 8.73. The Hall–Kier alpha value is 0.951. The average Bonchev–Trinajstić information content (AvgIpc) is 2.29. The predicted molar refractivity (Wildman–Crippen MR) is 73.6 cm³/mol. The molecule has 0 heterocycles. The Morgan fingerprint density at radius 1 is 1.25 bits per heavy atom. The first kappa shape index (κ1) is 19.3. The Bertz CT molecular complexity index is 293. The van der Waals surface area contributed by atoms with E-state index in [4.69, 9.17) is 4.43 Å². The van der Waals surface area contributed by atoms with E-state index in [2.05, 4.69) is 66.5 Å². The Morgan fingerprint density at radius 3 is 2.06 bits per heavy atom. The summed E-state index contributed by atoms with van der Waals surface area (Å²) in [5.74, 6) is 0. The van der Waals surface area contributed by atoms with Crippen LogP contribution >= 0.6 is 24.8 Å². The van der Waals surface area contributed by atoms with Gasteiger partial charge < -0.3 is 0 Å². The number of allylic oxidation sites excluding steroid dienone is 4. The van der Waals surface area contributed by atoms with E-state index in [0.717, 1.165) is 6.42 Å². The molecule has 93 valence electrons. The zero-order valence-electron chi connectivity index (χ0n) is 10.6. The fraction of sp³-hybridized carbons (Fsp3) is 0.636. The molecular formula is C11H21Cl2OSiTi. The van der Waals surface area contributed by atoms with Crippen LogP contribution in [0.4, 0.5) is 0 Å². The van der Waals surface area contributed by atoms with Crippen molar-refractivity contribution in [2.24, 2.45) is 0 Å². The quantitative estimate of drug-likeness (QED) is 0.696. The molecule has 0 bridgehead atoms. The summed E-state index contributed by atoms with van der Waals surface area (Å²) in [6, 6.07) is 0. The van der Waals surface area contributed by atoms with Gasteiger partial charge >= 0.3 is 100 Å². The van der Waals surface area contributed by atoms with Crippen molar-refractivity contribution in [1.29, 1.82) is 0 Å². The molecule has 0 aromatic carbocycles. The van der Waals surface area contributed by atoms with E-state index >= 15 is 0 Å². The molecule has 0 aromatic heterocycles. The van der Waals surface area contributed by atoms with Gasteiger partial charge in [-0.15, -0.1) is 24.8 Å². The van der Waals surface area contributed by atoms with Crippen molar-refractivity contribution in [1.82, 2.24) is 0 Å². The summed E-state index contributed by atoms with van der Waals surface area (Å²) in [6.45, 7) is 11.0. The van der Waals surface area contributed by atoms with Crippen molar-refractivity contribution in [3.63, 3.8) is 0 Å². The Labute approximate surface area is 124 Å². The van der Waals surface area contributed by atoms with E-state index in [9.17, 15) is 0 Å². The monoisotopic (exact) mass is 315 g/mol. The molecule has 0 saturated heterocycles. The summed E-state index contributed by atoms with van der Waals surface area (Å²) in [4.78, 5) is 0. The van der Waals surface area contributed by atoms with Gasteiger partial charge in [0.15, 0.2) is 0 Å². The molecule has 1 nitrogen and oxygen atoms in total. The molecule has 0 unspecified atom stereocenters. The van der Waals surface area contributed by atoms with Crippen LogP contribution in [0.1, 0.15) is 27.2 Å². The summed E-state index contributed by atoms with van der Waals surface area (Å²) in [6.07, 6.45) is 5.61. The molecule has 0 aromatic rings. The number of hydrogen-bond donors (Lipinski definition) is 0. The third kappa shape index (κ3) is 5.52. The van der Waals surface area contributed by atoms with Crippen LogP contribution in [-0.4, -0.2) is 13.9 Å². The summed E-state index contributed by atoms with van der Waals surface area (Å²) in [5, 5.41) is 1.48. The minimum absolute atomic E-state index is 0. The molecule has 0 saturated carbocycles. The van der Waals surface area contributed by atoms with Crippen molar-refractivity contribution in [3.8, 4) is 0 Å². The van der Waals surface area contributed by atoms with Crippen LogP contribution < -0.4 is 0 Å². The van der Waals surface area contributed by atoms with Gasteiger partial charge in [0.1, 0.15) is 0 Å². The summed E-state index contributed by atoms with van der Waals surface area (Å²) in [5.41, 5.74) is -0.0283. The zero-order chi connectivity index (χ0) is 11.0. The van der Waals surface area contributed by atoms with Crippen LogP contribution in [0.2, 0.25) is 13.1 Å². The topological polar surface area (TPSA) is 9.23 Å². The summed E-state index contributed by atoms with van der Waals surface area (Å²) >= 11 is 2.22. The predicted octanol–water partition coefficient (Wildman–Crippen LogP) is 4.15. The molecule has 1 aliphatic carbocycles. The largest absolute Gasteiger partial charge is 0.147 e. The van der Waals surface area contributed by atoms with E-state index in [-0.39, 0.29) is 30.4 Å². The first-order valence-electron chi connectivity index (χ1n) is 5.04. The van der Waals surface area contributed by atoms with Gasteiger partial charge in [0.25, 0.3) is 0 Å². The Balaban J connectivity index is 0. The van der Waals surface area contributed by atoms with Gasteiger partial charge in [0.2, 0.25) is 0 Å². The van der Waals surface area contributed by atoms with Crippen LogP contribution in [0.5, 0.6) is 0 Å². The molecule has 0 amide bonds. The van der Waals surface area contributed by atoms with Gasteiger partial charge in [0.05, 0.1) is 0 Å². The van der Waals surface area contributed by atoms with E-state index < -0.39 is 8.32 Å². The summed E-state index contributed by atoms with van der Waals surface area (Å²) < 4.78 is 7.70. The minimum atomic E-state index is -1.68. The van der Waals surface area contributed by atoms with Crippen LogP contribution in [0, 0.1) is 0 Å². The third-order valence-corrected chi connectivity index (χ3v) is 6.16. The van der Waals surface area contributed by atoms with Gasteiger partial charge in [-0.1, -0.05) is 0 Å². The van der Waals surface area contributed by atoms with Gasteiger partial charge in [-0.3, -0.25) is 0 Å². The van der Waals surface area contributed by atoms with Gasteiger partial charge in [-0.2, -0.15) is 0 Å². The number of rotatable bonds is 2. The molecule has 16 heavy (non-hydrogen) atoms.